The average molecular weight is 425 g/mol. The highest BCUT2D eigenvalue weighted by atomic mass is 19.1. The fraction of sp³-hybridized carbons (Fsp3) is 0.0870. The topological polar surface area (TPSA) is 96.6 Å². The van der Waals surface area contributed by atoms with Gasteiger partial charge in [-0.3, -0.25) is 9.59 Å². The molecule has 6 nitrogen and oxygen atoms in total. The SMILES string of the molecule is O=C(O)C(=O)C=C(O)c1cc(Cc2ccccc2F)cn(Cc2ccc(F)cc2)c1=O. The molecule has 0 saturated heterocycles. The van der Waals surface area contributed by atoms with Crippen molar-refractivity contribution in [2.45, 2.75) is 13.0 Å². The zero-order chi connectivity index (χ0) is 22.5. The Morgan fingerprint density at radius 3 is 2.29 bits per heavy atom. The number of halogens is 2. The van der Waals surface area contributed by atoms with Crippen LogP contribution >= 0.6 is 0 Å². The molecule has 0 fully saturated rings. The summed E-state index contributed by atoms with van der Waals surface area (Å²) in [5.74, 6) is -4.91. The first-order chi connectivity index (χ1) is 14.7. The molecule has 3 rings (SSSR count). The summed E-state index contributed by atoms with van der Waals surface area (Å²) in [5, 5.41) is 19.0. The van der Waals surface area contributed by atoms with Gasteiger partial charge in [-0.15, -0.1) is 0 Å². The second kappa shape index (κ2) is 9.17. The summed E-state index contributed by atoms with van der Waals surface area (Å²) >= 11 is 0. The van der Waals surface area contributed by atoms with E-state index < -0.39 is 34.7 Å². The third-order valence-electron chi connectivity index (χ3n) is 4.52. The highest BCUT2D eigenvalue weighted by Gasteiger charge is 2.16. The number of hydrogen-bond acceptors (Lipinski definition) is 4. The molecule has 0 unspecified atom stereocenters. The molecule has 0 amide bonds. The number of nitrogens with zero attached hydrogens (tertiary/aromatic N) is 1. The smallest absolute Gasteiger partial charge is 0.376 e. The van der Waals surface area contributed by atoms with Gasteiger partial charge in [0.25, 0.3) is 11.3 Å². The number of carbonyl (C=O) groups is 2. The number of carbonyl (C=O) groups excluding carboxylic acids is 1. The summed E-state index contributed by atoms with van der Waals surface area (Å²) < 4.78 is 28.5. The Morgan fingerprint density at radius 1 is 0.968 bits per heavy atom. The molecular weight excluding hydrogens is 408 g/mol. The molecule has 0 bridgehead atoms. The van der Waals surface area contributed by atoms with Gasteiger partial charge in [0.15, 0.2) is 0 Å². The van der Waals surface area contributed by atoms with Crippen molar-refractivity contribution < 1.29 is 28.6 Å². The van der Waals surface area contributed by atoms with Crippen LogP contribution in [0.3, 0.4) is 0 Å². The third kappa shape index (κ3) is 5.30. The maximum atomic E-state index is 14.1. The van der Waals surface area contributed by atoms with Crippen LogP contribution in [0.4, 0.5) is 8.78 Å². The van der Waals surface area contributed by atoms with Gasteiger partial charge in [-0.25, -0.2) is 13.6 Å². The number of pyridine rings is 1. The van der Waals surface area contributed by atoms with Gasteiger partial charge in [0, 0.05) is 18.7 Å². The molecule has 1 aromatic heterocycles. The van der Waals surface area contributed by atoms with E-state index in [1.165, 1.54) is 53.2 Å². The molecule has 8 heteroatoms. The molecular formula is C23H17F2NO5. The number of rotatable bonds is 7. The first-order valence-corrected chi connectivity index (χ1v) is 9.14. The molecule has 2 N–H and O–H groups in total. The zero-order valence-corrected chi connectivity index (χ0v) is 16.1. The van der Waals surface area contributed by atoms with E-state index in [4.69, 9.17) is 5.11 Å². The van der Waals surface area contributed by atoms with Crippen LogP contribution in [0.1, 0.15) is 22.3 Å². The van der Waals surface area contributed by atoms with E-state index in [9.17, 15) is 28.3 Å². The standard InChI is InChI=1S/C23H17F2NO5/c24-17-7-5-14(6-8-17)12-26-13-15(9-16-3-1-2-4-19(16)25)10-18(22(26)29)20(27)11-21(28)23(30)31/h1-8,10-11,13,27H,9,12H2,(H,30,31). The van der Waals surface area contributed by atoms with Gasteiger partial charge < -0.3 is 14.8 Å². The molecule has 0 atom stereocenters. The van der Waals surface area contributed by atoms with Gasteiger partial charge in [-0.05, 0) is 41.0 Å². The van der Waals surface area contributed by atoms with Crippen molar-refractivity contribution in [3.63, 3.8) is 0 Å². The normalized spacial score (nSPS) is 11.4. The highest BCUT2D eigenvalue weighted by Crippen LogP contribution is 2.17. The molecule has 0 aliphatic rings. The molecule has 0 spiro atoms. The zero-order valence-electron chi connectivity index (χ0n) is 16.1. The van der Waals surface area contributed by atoms with E-state index in [0.29, 0.717) is 22.8 Å². The molecule has 0 aliphatic heterocycles. The first kappa shape index (κ1) is 21.6. The van der Waals surface area contributed by atoms with Crippen LogP contribution in [0, 0.1) is 11.6 Å². The quantitative estimate of drug-likeness (QED) is 0.344. The summed E-state index contributed by atoms with van der Waals surface area (Å²) in [6.07, 6.45) is 1.98. The maximum absolute atomic E-state index is 14.1. The fourth-order valence-electron chi connectivity index (χ4n) is 3.01. The lowest BCUT2D eigenvalue weighted by molar-refractivity contribution is -0.146. The predicted octanol–water partition coefficient (Wildman–Crippen LogP) is 3.32. The fourth-order valence-corrected chi connectivity index (χ4v) is 3.01. The Labute approximate surface area is 175 Å². The van der Waals surface area contributed by atoms with E-state index in [1.807, 2.05) is 0 Å². The van der Waals surface area contributed by atoms with Crippen molar-refractivity contribution in [2.75, 3.05) is 0 Å². The number of aromatic nitrogens is 1. The van der Waals surface area contributed by atoms with E-state index >= 15 is 0 Å². The van der Waals surface area contributed by atoms with E-state index in [2.05, 4.69) is 0 Å². The van der Waals surface area contributed by atoms with E-state index in [0.717, 1.165) is 0 Å². The second-order valence-electron chi connectivity index (χ2n) is 6.79. The summed E-state index contributed by atoms with van der Waals surface area (Å²) in [6, 6.07) is 12.7. The minimum absolute atomic E-state index is 0.0113. The number of carboxylic acids is 1. The van der Waals surface area contributed by atoms with Gasteiger partial charge in [0.1, 0.15) is 17.4 Å². The van der Waals surface area contributed by atoms with Crippen LogP contribution in [0.15, 0.2) is 71.7 Å². The Balaban J connectivity index is 2.09. The molecule has 0 saturated carbocycles. The monoisotopic (exact) mass is 425 g/mol. The number of ketones is 1. The summed E-state index contributed by atoms with van der Waals surface area (Å²) in [6.45, 7) is 0.0113. The van der Waals surface area contributed by atoms with Gasteiger partial charge in [-0.2, -0.15) is 0 Å². The van der Waals surface area contributed by atoms with Crippen LogP contribution in [0.2, 0.25) is 0 Å². The summed E-state index contributed by atoms with van der Waals surface area (Å²) in [4.78, 5) is 35.1. The van der Waals surface area contributed by atoms with Crippen molar-refractivity contribution in [3.8, 4) is 0 Å². The first-order valence-electron chi connectivity index (χ1n) is 9.14. The minimum Gasteiger partial charge on any atom is -0.507 e. The Kier molecular flexibility index (Phi) is 6.40. The molecule has 1 heterocycles. The van der Waals surface area contributed by atoms with Gasteiger partial charge in [0.05, 0.1) is 12.1 Å². The Hall–Kier alpha value is -4.07. The minimum atomic E-state index is -1.79. The van der Waals surface area contributed by atoms with Crippen LogP contribution in [0.25, 0.3) is 5.76 Å². The van der Waals surface area contributed by atoms with Crippen molar-refractivity contribution in [3.05, 3.63) is 111 Å². The van der Waals surface area contributed by atoms with Gasteiger partial charge in [-0.1, -0.05) is 30.3 Å². The molecule has 158 valence electrons. The number of aliphatic hydroxyl groups is 1. The number of aliphatic hydroxyl groups excluding tert-OH is 1. The van der Waals surface area contributed by atoms with Crippen LogP contribution < -0.4 is 5.56 Å². The lowest BCUT2D eigenvalue weighted by Crippen LogP contribution is -2.25. The van der Waals surface area contributed by atoms with Crippen LogP contribution in [-0.4, -0.2) is 26.5 Å². The number of aliphatic carboxylic acids is 1. The largest absolute Gasteiger partial charge is 0.507 e. The molecule has 3 aromatic rings. The van der Waals surface area contributed by atoms with Gasteiger partial charge in [0.2, 0.25) is 0 Å². The Morgan fingerprint density at radius 2 is 1.65 bits per heavy atom. The van der Waals surface area contributed by atoms with Crippen LogP contribution in [-0.2, 0) is 22.6 Å². The van der Waals surface area contributed by atoms with Gasteiger partial charge >= 0.3 is 5.97 Å². The van der Waals surface area contributed by atoms with Crippen molar-refractivity contribution in [2.24, 2.45) is 0 Å². The predicted molar refractivity (Wildman–Crippen MR) is 109 cm³/mol. The molecule has 0 aliphatic carbocycles. The molecule has 31 heavy (non-hydrogen) atoms. The molecule has 2 aromatic carbocycles. The van der Waals surface area contributed by atoms with Crippen molar-refractivity contribution in [1.29, 1.82) is 0 Å². The van der Waals surface area contributed by atoms with E-state index in [1.54, 1.807) is 12.1 Å². The summed E-state index contributed by atoms with van der Waals surface area (Å²) in [7, 11) is 0. The number of hydrogen-bond donors (Lipinski definition) is 2. The van der Waals surface area contributed by atoms with Crippen LogP contribution in [0.5, 0.6) is 0 Å². The number of carboxylic acid groups (broad SMARTS) is 1. The Bertz CT molecular complexity index is 1230. The second-order valence-corrected chi connectivity index (χ2v) is 6.79. The van der Waals surface area contributed by atoms with Crippen molar-refractivity contribution in [1.82, 2.24) is 4.57 Å². The van der Waals surface area contributed by atoms with E-state index in [-0.39, 0.29) is 18.5 Å². The number of benzene rings is 2. The lowest BCUT2D eigenvalue weighted by Gasteiger charge is -2.12. The lowest BCUT2D eigenvalue weighted by atomic mass is 10.0. The summed E-state index contributed by atoms with van der Waals surface area (Å²) in [5.41, 5.74) is 0.344. The average Bonchev–Trinajstić information content (AvgIpc) is 2.73. The van der Waals surface area contributed by atoms with Crippen molar-refractivity contribution >= 4 is 17.5 Å². The molecule has 0 radical (unpaired) electrons. The third-order valence-corrected chi connectivity index (χ3v) is 4.52. The highest BCUT2D eigenvalue weighted by molar-refractivity contribution is 6.38. The maximum Gasteiger partial charge on any atom is 0.376 e.